The normalized spacial score (nSPS) is 18.8. The fourth-order valence-electron chi connectivity index (χ4n) is 3.09. The first-order chi connectivity index (χ1) is 13.2. The van der Waals surface area contributed by atoms with Crippen LogP contribution in [0.15, 0.2) is 47.6 Å². The number of nitrogens with one attached hydrogen (secondary N) is 1. The highest BCUT2D eigenvalue weighted by Crippen LogP contribution is 2.47. The van der Waals surface area contributed by atoms with Crippen molar-refractivity contribution in [3.8, 4) is 5.75 Å². The van der Waals surface area contributed by atoms with Crippen LogP contribution in [0.2, 0.25) is 0 Å². The van der Waals surface area contributed by atoms with Crippen molar-refractivity contribution in [1.82, 2.24) is 5.43 Å². The summed E-state index contributed by atoms with van der Waals surface area (Å²) >= 11 is 0. The summed E-state index contributed by atoms with van der Waals surface area (Å²) in [5.74, 6) is -0.315. The van der Waals surface area contributed by atoms with Crippen molar-refractivity contribution >= 4 is 17.8 Å². The fourth-order valence-corrected chi connectivity index (χ4v) is 3.09. The van der Waals surface area contributed by atoms with E-state index >= 15 is 0 Å². The van der Waals surface area contributed by atoms with Gasteiger partial charge in [-0.05, 0) is 34.9 Å². The number of benzene rings is 2. The molecule has 7 nitrogen and oxygen atoms in total. The molecule has 1 amide bonds. The van der Waals surface area contributed by atoms with E-state index in [4.69, 9.17) is 0 Å². The standard InChI is InChI=1S/C21H23N3O4/c1-21(2,3)15-6-4-13(5-7-15)17-11-18(17)20(26)23-22-12-14-10-16(24(27)28)8-9-19(14)25/h4-10,12,17-18,25H,11H2,1-3H3,(H,23,26). The quantitative estimate of drug-likeness (QED) is 0.466. The lowest BCUT2D eigenvalue weighted by atomic mass is 9.86. The molecule has 0 heterocycles. The summed E-state index contributed by atoms with van der Waals surface area (Å²) in [5, 5.41) is 24.4. The maximum atomic E-state index is 12.3. The van der Waals surface area contributed by atoms with E-state index in [1.807, 2.05) is 0 Å². The first-order valence-corrected chi connectivity index (χ1v) is 9.07. The topological polar surface area (TPSA) is 105 Å². The molecule has 2 aromatic rings. The monoisotopic (exact) mass is 381 g/mol. The lowest BCUT2D eigenvalue weighted by Crippen LogP contribution is -2.20. The third-order valence-electron chi connectivity index (χ3n) is 4.93. The van der Waals surface area contributed by atoms with Gasteiger partial charge in [0.25, 0.3) is 5.69 Å². The number of nitro benzene ring substituents is 1. The van der Waals surface area contributed by atoms with Gasteiger partial charge in [-0.1, -0.05) is 45.0 Å². The summed E-state index contributed by atoms with van der Waals surface area (Å²) in [6.07, 6.45) is 1.97. The number of phenolic OH excluding ortho intramolecular Hbond substituents is 1. The van der Waals surface area contributed by atoms with Crippen LogP contribution in [0.25, 0.3) is 0 Å². The molecule has 0 bridgehead atoms. The van der Waals surface area contributed by atoms with Gasteiger partial charge in [-0.15, -0.1) is 0 Å². The van der Waals surface area contributed by atoms with E-state index < -0.39 is 4.92 Å². The zero-order valence-corrected chi connectivity index (χ0v) is 16.0. The Kier molecular flexibility index (Phi) is 5.18. The third kappa shape index (κ3) is 4.36. The van der Waals surface area contributed by atoms with E-state index in [0.717, 1.165) is 12.0 Å². The van der Waals surface area contributed by atoms with Crippen LogP contribution >= 0.6 is 0 Å². The van der Waals surface area contributed by atoms with Gasteiger partial charge in [-0.2, -0.15) is 5.10 Å². The van der Waals surface area contributed by atoms with Crippen molar-refractivity contribution in [1.29, 1.82) is 0 Å². The Hall–Kier alpha value is -3.22. The van der Waals surface area contributed by atoms with Crippen molar-refractivity contribution in [2.24, 2.45) is 11.0 Å². The number of hydrazone groups is 1. The number of carbonyl (C=O) groups is 1. The van der Waals surface area contributed by atoms with Gasteiger partial charge in [0.1, 0.15) is 5.75 Å². The van der Waals surface area contributed by atoms with Gasteiger partial charge in [-0.25, -0.2) is 5.43 Å². The molecule has 2 atom stereocenters. The summed E-state index contributed by atoms with van der Waals surface area (Å²) in [4.78, 5) is 22.5. The molecule has 1 aliphatic rings. The van der Waals surface area contributed by atoms with Gasteiger partial charge in [0, 0.05) is 23.6 Å². The van der Waals surface area contributed by atoms with Crippen LogP contribution < -0.4 is 5.43 Å². The van der Waals surface area contributed by atoms with Crippen molar-refractivity contribution < 1.29 is 14.8 Å². The van der Waals surface area contributed by atoms with Gasteiger partial charge in [0.2, 0.25) is 5.91 Å². The van der Waals surface area contributed by atoms with Crippen LogP contribution in [0.5, 0.6) is 5.75 Å². The molecule has 0 radical (unpaired) electrons. The number of aromatic hydroxyl groups is 1. The number of amides is 1. The minimum atomic E-state index is -0.560. The van der Waals surface area contributed by atoms with Gasteiger partial charge in [0.15, 0.2) is 0 Å². The predicted molar refractivity (Wildman–Crippen MR) is 106 cm³/mol. The van der Waals surface area contributed by atoms with E-state index in [2.05, 4.69) is 55.6 Å². The molecule has 2 aromatic carbocycles. The maximum absolute atomic E-state index is 12.3. The Morgan fingerprint density at radius 1 is 1.25 bits per heavy atom. The highest BCUT2D eigenvalue weighted by Gasteiger charge is 2.44. The predicted octanol–water partition coefficient (Wildman–Crippen LogP) is 3.85. The molecular weight excluding hydrogens is 358 g/mol. The highest BCUT2D eigenvalue weighted by molar-refractivity contribution is 5.87. The minimum Gasteiger partial charge on any atom is -0.507 e. The molecule has 3 rings (SSSR count). The lowest BCUT2D eigenvalue weighted by molar-refractivity contribution is -0.384. The Labute approximate surface area is 163 Å². The van der Waals surface area contributed by atoms with Gasteiger partial charge in [-0.3, -0.25) is 14.9 Å². The average molecular weight is 381 g/mol. The van der Waals surface area contributed by atoms with Crippen LogP contribution in [0, 0.1) is 16.0 Å². The number of carbonyl (C=O) groups excluding carboxylic acids is 1. The number of hydrogen-bond acceptors (Lipinski definition) is 5. The van der Waals surface area contributed by atoms with Gasteiger partial charge in [0.05, 0.1) is 11.1 Å². The Balaban J connectivity index is 1.59. The smallest absolute Gasteiger partial charge is 0.270 e. The van der Waals surface area contributed by atoms with Crippen LogP contribution in [-0.4, -0.2) is 22.2 Å². The van der Waals surface area contributed by atoms with E-state index in [1.165, 1.54) is 30.0 Å². The van der Waals surface area contributed by atoms with Gasteiger partial charge < -0.3 is 5.11 Å². The second kappa shape index (κ2) is 7.42. The molecule has 0 aliphatic heterocycles. The van der Waals surface area contributed by atoms with Gasteiger partial charge >= 0.3 is 0 Å². The minimum absolute atomic E-state index is 0.0889. The van der Waals surface area contributed by atoms with E-state index in [1.54, 1.807) is 0 Å². The van der Waals surface area contributed by atoms with Crippen LogP contribution in [0.3, 0.4) is 0 Å². The SMILES string of the molecule is CC(C)(C)c1ccc(C2CC2C(=O)NN=Cc2cc([N+](=O)[O-])ccc2O)cc1. The maximum Gasteiger partial charge on any atom is 0.270 e. The molecular formula is C21H23N3O4. The van der Waals surface area contributed by atoms with Crippen molar-refractivity contribution in [2.75, 3.05) is 0 Å². The average Bonchev–Trinajstić information content (AvgIpc) is 3.43. The molecule has 2 N–H and O–H groups in total. The van der Waals surface area contributed by atoms with E-state index in [0.29, 0.717) is 0 Å². The Morgan fingerprint density at radius 3 is 2.54 bits per heavy atom. The lowest BCUT2D eigenvalue weighted by Gasteiger charge is -2.19. The number of nitro groups is 1. The second-order valence-electron chi connectivity index (χ2n) is 8.06. The van der Waals surface area contributed by atoms with Crippen molar-refractivity contribution in [3.05, 3.63) is 69.3 Å². The van der Waals surface area contributed by atoms with Crippen molar-refractivity contribution in [2.45, 2.75) is 38.5 Å². The first kappa shape index (κ1) is 19.5. The molecule has 1 saturated carbocycles. The zero-order chi connectivity index (χ0) is 20.5. The molecule has 1 fully saturated rings. The van der Waals surface area contributed by atoms with Crippen molar-refractivity contribution in [3.63, 3.8) is 0 Å². The molecule has 0 spiro atoms. The number of phenols is 1. The Morgan fingerprint density at radius 2 is 1.93 bits per heavy atom. The number of nitrogens with zero attached hydrogens (tertiary/aromatic N) is 2. The zero-order valence-electron chi connectivity index (χ0n) is 16.0. The van der Waals surface area contributed by atoms with E-state index in [9.17, 15) is 20.0 Å². The summed E-state index contributed by atoms with van der Waals surface area (Å²) in [6, 6.07) is 12.0. The van der Waals surface area contributed by atoms with E-state index in [-0.39, 0.29) is 40.2 Å². The molecule has 7 heteroatoms. The Bertz CT molecular complexity index is 930. The summed E-state index contributed by atoms with van der Waals surface area (Å²) in [5.41, 5.74) is 4.93. The highest BCUT2D eigenvalue weighted by atomic mass is 16.6. The fraction of sp³-hybridized carbons (Fsp3) is 0.333. The summed E-state index contributed by atoms with van der Waals surface area (Å²) in [7, 11) is 0. The van der Waals surface area contributed by atoms with Crippen LogP contribution in [0.4, 0.5) is 5.69 Å². The molecule has 2 unspecified atom stereocenters. The molecule has 146 valence electrons. The number of rotatable bonds is 5. The summed E-state index contributed by atoms with van der Waals surface area (Å²) in [6.45, 7) is 6.48. The number of hydrogen-bond donors (Lipinski definition) is 2. The third-order valence-corrected chi connectivity index (χ3v) is 4.93. The first-order valence-electron chi connectivity index (χ1n) is 9.07. The number of non-ortho nitro benzene ring substituents is 1. The largest absolute Gasteiger partial charge is 0.507 e. The molecule has 0 aromatic heterocycles. The molecule has 1 aliphatic carbocycles. The van der Waals surface area contributed by atoms with Crippen LogP contribution in [-0.2, 0) is 10.2 Å². The molecule has 28 heavy (non-hydrogen) atoms. The second-order valence-corrected chi connectivity index (χ2v) is 8.06. The summed E-state index contributed by atoms with van der Waals surface area (Å²) < 4.78 is 0. The van der Waals surface area contributed by atoms with Crippen LogP contribution in [0.1, 0.15) is 49.8 Å². The molecule has 0 saturated heterocycles.